The average molecular weight is 460 g/mol. The Morgan fingerprint density at radius 3 is 2.92 bits per heavy atom. The first-order chi connectivity index (χ1) is 11.3. The molecular formula is C17H25IN4OS. The minimum absolute atomic E-state index is 0. The van der Waals surface area contributed by atoms with Gasteiger partial charge in [-0.3, -0.25) is 0 Å². The molecule has 1 N–H and O–H groups in total. The van der Waals surface area contributed by atoms with Gasteiger partial charge in [-0.2, -0.15) is 0 Å². The molecule has 7 heteroatoms. The van der Waals surface area contributed by atoms with Gasteiger partial charge in [0, 0.05) is 19.6 Å². The van der Waals surface area contributed by atoms with E-state index in [4.69, 9.17) is 9.41 Å². The van der Waals surface area contributed by atoms with Crippen LogP contribution >= 0.6 is 35.3 Å². The molecule has 24 heavy (non-hydrogen) atoms. The molecule has 0 spiro atoms. The number of nitrogens with zero attached hydrogens (tertiary/aromatic N) is 3. The molecule has 0 amide bonds. The molecule has 0 saturated carbocycles. The van der Waals surface area contributed by atoms with Gasteiger partial charge in [0.2, 0.25) is 5.89 Å². The fourth-order valence-corrected chi connectivity index (χ4v) is 3.35. The summed E-state index contributed by atoms with van der Waals surface area (Å²) < 4.78 is 5.56. The quantitative estimate of drug-likeness (QED) is 0.422. The number of aliphatic imine (C=N–C) groups is 1. The van der Waals surface area contributed by atoms with Gasteiger partial charge in [-0.1, -0.05) is 13.0 Å². The van der Waals surface area contributed by atoms with Gasteiger partial charge in [0.25, 0.3) is 0 Å². The van der Waals surface area contributed by atoms with Crippen LogP contribution in [0.15, 0.2) is 33.2 Å². The molecule has 3 rings (SSSR count). The monoisotopic (exact) mass is 460 g/mol. The maximum atomic E-state index is 5.56. The molecule has 5 nitrogen and oxygen atoms in total. The summed E-state index contributed by atoms with van der Waals surface area (Å²) in [5.74, 6) is 2.49. The van der Waals surface area contributed by atoms with Crippen LogP contribution in [0.5, 0.6) is 0 Å². The molecule has 0 unspecified atom stereocenters. The topological polar surface area (TPSA) is 53.7 Å². The lowest BCUT2D eigenvalue weighted by molar-refractivity contribution is 0.273. The lowest BCUT2D eigenvalue weighted by Gasteiger charge is -2.32. The number of likely N-dealkylation sites (tertiary alicyclic amines) is 1. The lowest BCUT2D eigenvalue weighted by atomic mass is 10.00. The van der Waals surface area contributed by atoms with Crippen LogP contribution < -0.4 is 5.32 Å². The first-order valence-corrected chi connectivity index (χ1v) is 9.15. The fraction of sp³-hybridized carbons (Fsp3) is 0.529. The van der Waals surface area contributed by atoms with Crippen LogP contribution in [0.3, 0.4) is 0 Å². The van der Waals surface area contributed by atoms with Crippen molar-refractivity contribution in [1.29, 1.82) is 0 Å². The van der Waals surface area contributed by atoms with E-state index in [0.29, 0.717) is 12.4 Å². The van der Waals surface area contributed by atoms with Crippen molar-refractivity contribution in [1.82, 2.24) is 15.2 Å². The van der Waals surface area contributed by atoms with E-state index in [9.17, 15) is 0 Å². The van der Waals surface area contributed by atoms with E-state index < -0.39 is 0 Å². The van der Waals surface area contributed by atoms with Crippen molar-refractivity contribution in [3.05, 3.63) is 29.5 Å². The second-order valence-electron chi connectivity index (χ2n) is 5.96. The molecule has 1 saturated heterocycles. The van der Waals surface area contributed by atoms with Crippen LogP contribution in [0.25, 0.3) is 10.8 Å². The van der Waals surface area contributed by atoms with Crippen LogP contribution in [0.2, 0.25) is 0 Å². The molecule has 0 atom stereocenters. The second kappa shape index (κ2) is 9.41. The molecule has 1 aliphatic heterocycles. The van der Waals surface area contributed by atoms with Crippen LogP contribution in [-0.4, -0.2) is 35.5 Å². The van der Waals surface area contributed by atoms with E-state index in [-0.39, 0.29) is 24.0 Å². The second-order valence-corrected chi connectivity index (χ2v) is 6.91. The third-order valence-electron chi connectivity index (χ3n) is 4.09. The summed E-state index contributed by atoms with van der Waals surface area (Å²) in [7, 11) is 0. The molecule has 0 aliphatic carbocycles. The zero-order valence-electron chi connectivity index (χ0n) is 14.2. The maximum Gasteiger partial charge on any atom is 0.236 e. The number of hydrogen-bond donors (Lipinski definition) is 1. The Balaban J connectivity index is 0.00000208. The Morgan fingerprint density at radius 1 is 1.46 bits per heavy atom. The Kier molecular flexibility index (Phi) is 7.54. The smallest absolute Gasteiger partial charge is 0.236 e. The largest absolute Gasteiger partial charge is 0.443 e. The van der Waals surface area contributed by atoms with E-state index in [0.717, 1.165) is 42.1 Å². The average Bonchev–Trinajstić information content (AvgIpc) is 3.23. The number of oxazole rings is 1. The van der Waals surface area contributed by atoms with E-state index in [1.807, 2.05) is 17.5 Å². The maximum absolute atomic E-state index is 5.56. The van der Waals surface area contributed by atoms with E-state index >= 15 is 0 Å². The third kappa shape index (κ3) is 4.95. The van der Waals surface area contributed by atoms with Crippen LogP contribution in [0.1, 0.15) is 32.4 Å². The number of rotatable bonds is 4. The molecule has 2 aromatic rings. The van der Waals surface area contributed by atoms with Crippen molar-refractivity contribution < 1.29 is 4.42 Å². The first kappa shape index (κ1) is 19.2. The van der Waals surface area contributed by atoms with Gasteiger partial charge in [-0.05, 0) is 37.1 Å². The highest BCUT2D eigenvalue weighted by atomic mass is 127. The summed E-state index contributed by atoms with van der Waals surface area (Å²) in [5, 5.41) is 5.42. The standard InChI is InChI=1S/C17H24N4OS.HI/c1-3-18-17(21-8-6-13(2)7-9-21)19-11-14-12-22-16(20-14)15-5-4-10-23-15;/h4-5,10,12-13H,3,6-9,11H2,1-2H3,(H,18,19);1H. The number of thiophene rings is 1. The molecular weight excluding hydrogens is 435 g/mol. The fourth-order valence-electron chi connectivity index (χ4n) is 2.70. The Bertz CT molecular complexity index is 633. The normalized spacial score (nSPS) is 16.1. The van der Waals surface area contributed by atoms with Gasteiger partial charge < -0.3 is 14.6 Å². The van der Waals surface area contributed by atoms with Gasteiger partial charge in [0.15, 0.2) is 5.96 Å². The number of aromatic nitrogens is 1. The van der Waals surface area contributed by atoms with E-state index in [1.165, 1.54) is 12.8 Å². The molecule has 132 valence electrons. The minimum Gasteiger partial charge on any atom is -0.443 e. The van der Waals surface area contributed by atoms with Crippen LogP contribution in [0, 0.1) is 5.92 Å². The SMILES string of the molecule is CCNC(=NCc1coc(-c2cccs2)n1)N1CCC(C)CC1.I. The van der Waals surface area contributed by atoms with Crippen molar-refractivity contribution in [2.75, 3.05) is 19.6 Å². The van der Waals surface area contributed by atoms with Crippen molar-refractivity contribution in [2.24, 2.45) is 10.9 Å². The summed E-state index contributed by atoms with van der Waals surface area (Å²) in [6.45, 7) is 8.00. The highest BCUT2D eigenvalue weighted by Gasteiger charge is 2.18. The van der Waals surface area contributed by atoms with E-state index in [1.54, 1.807) is 17.6 Å². The third-order valence-corrected chi connectivity index (χ3v) is 4.95. The van der Waals surface area contributed by atoms with Gasteiger partial charge >= 0.3 is 0 Å². The summed E-state index contributed by atoms with van der Waals surface area (Å²) in [6.07, 6.45) is 4.17. The van der Waals surface area contributed by atoms with Crippen molar-refractivity contribution in [3.63, 3.8) is 0 Å². The van der Waals surface area contributed by atoms with Gasteiger partial charge in [-0.15, -0.1) is 35.3 Å². The van der Waals surface area contributed by atoms with Crippen molar-refractivity contribution in [3.8, 4) is 10.8 Å². The van der Waals surface area contributed by atoms with Gasteiger partial charge in [0.05, 0.1) is 11.4 Å². The highest BCUT2D eigenvalue weighted by Crippen LogP contribution is 2.24. The predicted molar refractivity (Wildman–Crippen MR) is 110 cm³/mol. The molecule has 0 aromatic carbocycles. The van der Waals surface area contributed by atoms with E-state index in [2.05, 4.69) is 29.0 Å². The molecule has 0 bridgehead atoms. The number of guanidine groups is 1. The summed E-state index contributed by atoms with van der Waals surface area (Å²) >= 11 is 1.63. The van der Waals surface area contributed by atoms with Gasteiger partial charge in [-0.25, -0.2) is 9.98 Å². The summed E-state index contributed by atoms with van der Waals surface area (Å²) in [6, 6.07) is 4.02. The lowest BCUT2D eigenvalue weighted by Crippen LogP contribution is -2.45. The Labute approximate surface area is 164 Å². The molecule has 0 radical (unpaired) electrons. The summed E-state index contributed by atoms with van der Waals surface area (Å²) in [4.78, 5) is 12.7. The number of piperidine rings is 1. The molecule has 1 fully saturated rings. The van der Waals surface area contributed by atoms with Crippen molar-refractivity contribution >= 4 is 41.3 Å². The van der Waals surface area contributed by atoms with Gasteiger partial charge in [0.1, 0.15) is 12.0 Å². The molecule has 3 heterocycles. The molecule has 2 aromatic heterocycles. The van der Waals surface area contributed by atoms with Crippen molar-refractivity contribution in [2.45, 2.75) is 33.2 Å². The number of nitrogens with one attached hydrogen (secondary N) is 1. The highest BCUT2D eigenvalue weighted by molar-refractivity contribution is 14.0. The summed E-state index contributed by atoms with van der Waals surface area (Å²) in [5.41, 5.74) is 0.870. The zero-order valence-corrected chi connectivity index (χ0v) is 17.3. The van der Waals surface area contributed by atoms with Crippen LogP contribution in [0.4, 0.5) is 0 Å². The Morgan fingerprint density at radius 2 is 2.25 bits per heavy atom. The first-order valence-electron chi connectivity index (χ1n) is 8.27. The van der Waals surface area contributed by atoms with Crippen LogP contribution in [-0.2, 0) is 6.54 Å². The number of halogens is 1. The minimum atomic E-state index is 0. The zero-order chi connectivity index (χ0) is 16.1. The predicted octanol–water partition coefficient (Wildman–Crippen LogP) is 4.22. The Hall–Kier alpha value is -1.09. The number of hydrogen-bond acceptors (Lipinski definition) is 4. The molecule has 1 aliphatic rings.